The quantitative estimate of drug-likeness (QED) is 0.483. The summed E-state index contributed by atoms with van der Waals surface area (Å²) in [6, 6.07) is 6.88. The molecule has 0 bridgehead atoms. The first-order chi connectivity index (χ1) is 14.4. The third kappa shape index (κ3) is 6.08. The Morgan fingerprint density at radius 3 is 2.37 bits per heavy atom. The molecule has 0 N–H and O–H groups in total. The fraction of sp³-hybridized carbons (Fsp3) is 0.545. The minimum atomic E-state index is -3.11. The molecule has 8 heteroatoms. The molecular formula is C22H29NO6S. The van der Waals surface area contributed by atoms with Gasteiger partial charge in [0.15, 0.2) is 16.4 Å². The van der Waals surface area contributed by atoms with Crippen molar-refractivity contribution in [1.29, 1.82) is 0 Å². The Kier molecular flexibility index (Phi) is 7.53. The van der Waals surface area contributed by atoms with E-state index in [0.717, 1.165) is 43.4 Å². The van der Waals surface area contributed by atoms with Crippen LogP contribution >= 0.6 is 0 Å². The number of sulfone groups is 1. The summed E-state index contributed by atoms with van der Waals surface area (Å²) in [5.41, 5.74) is 0.805. The zero-order chi connectivity index (χ0) is 21.6. The van der Waals surface area contributed by atoms with Gasteiger partial charge in [-0.1, -0.05) is 31.4 Å². The third-order valence-corrected chi connectivity index (χ3v) is 7.47. The van der Waals surface area contributed by atoms with Crippen molar-refractivity contribution in [3.05, 3.63) is 35.9 Å². The Hall–Kier alpha value is -2.35. The summed E-state index contributed by atoms with van der Waals surface area (Å²) in [5, 5.41) is 0. The van der Waals surface area contributed by atoms with Crippen molar-refractivity contribution >= 4 is 27.8 Å². The Labute approximate surface area is 178 Å². The summed E-state index contributed by atoms with van der Waals surface area (Å²) in [4.78, 5) is 26.7. The number of amides is 1. The van der Waals surface area contributed by atoms with Crippen molar-refractivity contribution in [3.63, 3.8) is 0 Å². The topological polar surface area (TPSA) is 90.0 Å². The van der Waals surface area contributed by atoms with E-state index in [1.807, 2.05) is 0 Å². The molecule has 2 aliphatic rings. The summed E-state index contributed by atoms with van der Waals surface area (Å²) in [6.07, 6.45) is 8.26. The van der Waals surface area contributed by atoms with Crippen LogP contribution in [0.5, 0.6) is 5.75 Å². The Morgan fingerprint density at radius 2 is 1.77 bits per heavy atom. The molecule has 1 saturated heterocycles. The van der Waals surface area contributed by atoms with Crippen molar-refractivity contribution in [2.24, 2.45) is 0 Å². The van der Waals surface area contributed by atoms with Crippen LogP contribution in [0.3, 0.4) is 0 Å². The highest BCUT2D eigenvalue weighted by Gasteiger charge is 2.38. The third-order valence-electron chi connectivity index (χ3n) is 5.72. The first-order valence-electron chi connectivity index (χ1n) is 10.4. The summed E-state index contributed by atoms with van der Waals surface area (Å²) >= 11 is 0. The summed E-state index contributed by atoms with van der Waals surface area (Å²) in [6.45, 7) is -0.376. The van der Waals surface area contributed by atoms with E-state index in [0.29, 0.717) is 6.42 Å². The summed E-state index contributed by atoms with van der Waals surface area (Å²) < 4.78 is 34.1. The smallest absolute Gasteiger partial charge is 0.331 e. The average Bonchev–Trinajstić information content (AvgIpc) is 3.11. The Morgan fingerprint density at radius 1 is 1.07 bits per heavy atom. The van der Waals surface area contributed by atoms with E-state index < -0.39 is 15.8 Å². The van der Waals surface area contributed by atoms with Crippen LogP contribution in [0.1, 0.15) is 44.1 Å². The molecule has 1 atom stereocenters. The molecule has 1 aromatic carbocycles. The normalized spacial score (nSPS) is 21.4. The molecule has 2 fully saturated rings. The highest BCUT2D eigenvalue weighted by Crippen LogP contribution is 2.28. The number of nitrogens with zero attached hydrogens (tertiary/aromatic N) is 1. The van der Waals surface area contributed by atoms with Crippen LogP contribution in [-0.2, 0) is 24.2 Å². The van der Waals surface area contributed by atoms with Crippen LogP contribution in [0, 0.1) is 0 Å². The highest BCUT2D eigenvalue weighted by molar-refractivity contribution is 7.91. The Bertz CT molecular complexity index is 871. The van der Waals surface area contributed by atoms with Gasteiger partial charge in [0.25, 0.3) is 5.91 Å². The fourth-order valence-electron chi connectivity index (χ4n) is 4.19. The second-order valence-electron chi connectivity index (χ2n) is 7.86. The standard InChI is InChI=1S/C22H29NO6S/c1-28-20-10-7-17(8-11-20)9-12-22(25)29-15-21(24)23(18-5-3-2-4-6-18)19-13-14-30(26,27)16-19/h7-12,18-19H,2-6,13-16H2,1H3/b12-9+/t19-/m1/s1. The first-order valence-corrected chi connectivity index (χ1v) is 12.2. The molecule has 1 aliphatic carbocycles. The SMILES string of the molecule is COc1ccc(/C=C/C(=O)OCC(=O)N(C2CCCCC2)[C@@H]2CCS(=O)(=O)C2)cc1. The van der Waals surface area contributed by atoms with Crippen molar-refractivity contribution < 1.29 is 27.5 Å². The number of carbonyl (C=O) groups is 2. The van der Waals surface area contributed by atoms with Gasteiger partial charge in [0, 0.05) is 18.2 Å². The fourth-order valence-corrected chi connectivity index (χ4v) is 5.91. The van der Waals surface area contributed by atoms with E-state index in [2.05, 4.69) is 0 Å². The molecule has 0 aromatic heterocycles. The number of ether oxygens (including phenoxy) is 2. The molecule has 1 aliphatic heterocycles. The van der Waals surface area contributed by atoms with Gasteiger partial charge in [-0.15, -0.1) is 0 Å². The molecule has 164 valence electrons. The van der Waals surface area contributed by atoms with Gasteiger partial charge in [0.2, 0.25) is 0 Å². The predicted molar refractivity (Wildman–Crippen MR) is 114 cm³/mol. The summed E-state index contributed by atoms with van der Waals surface area (Å²) in [7, 11) is -1.53. The molecule has 30 heavy (non-hydrogen) atoms. The molecule has 1 heterocycles. The van der Waals surface area contributed by atoms with Gasteiger partial charge in [0.05, 0.1) is 18.6 Å². The van der Waals surface area contributed by atoms with E-state index in [-0.39, 0.29) is 36.1 Å². The second-order valence-corrected chi connectivity index (χ2v) is 10.1. The Balaban J connectivity index is 1.59. The van der Waals surface area contributed by atoms with E-state index in [4.69, 9.17) is 9.47 Å². The van der Waals surface area contributed by atoms with Gasteiger partial charge in [-0.3, -0.25) is 4.79 Å². The van der Waals surface area contributed by atoms with Crippen molar-refractivity contribution in [2.75, 3.05) is 25.2 Å². The molecule has 0 radical (unpaired) electrons. The van der Waals surface area contributed by atoms with Gasteiger partial charge in [-0.2, -0.15) is 0 Å². The largest absolute Gasteiger partial charge is 0.497 e. The maximum atomic E-state index is 12.9. The van der Waals surface area contributed by atoms with E-state index in [9.17, 15) is 18.0 Å². The monoisotopic (exact) mass is 435 g/mol. The number of methoxy groups -OCH3 is 1. The minimum Gasteiger partial charge on any atom is -0.497 e. The number of hydrogen-bond acceptors (Lipinski definition) is 6. The van der Waals surface area contributed by atoms with E-state index in [1.54, 1.807) is 42.4 Å². The van der Waals surface area contributed by atoms with Gasteiger partial charge in [0.1, 0.15) is 5.75 Å². The predicted octanol–water partition coefficient (Wildman–Crippen LogP) is 2.60. The summed E-state index contributed by atoms with van der Waals surface area (Å²) in [5.74, 6) is -0.0897. The molecule has 0 unspecified atom stereocenters. The lowest BCUT2D eigenvalue weighted by molar-refractivity contribution is -0.151. The lowest BCUT2D eigenvalue weighted by Gasteiger charge is -2.38. The molecule has 1 saturated carbocycles. The van der Waals surface area contributed by atoms with Crippen LogP contribution < -0.4 is 4.74 Å². The van der Waals surface area contributed by atoms with Crippen molar-refractivity contribution in [2.45, 2.75) is 50.6 Å². The maximum Gasteiger partial charge on any atom is 0.331 e. The van der Waals surface area contributed by atoms with Gasteiger partial charge in [-0.25, -0.2) is 13.2 Å². The lowest BCUT2D eigenvalue weighted by atomic mass is 9.93. The van der Waals surface area contributed by atoms with Gasteiger partial charge < -0.3 is 14.4 Å². The number of carbonyl (C=O) groups excluding carboxylic acids is 2. The molecule has 7 nitrogen and oxygen atoms in total. The number of esters is 1. The lowest BCUT2D eigenvalue weighted by Crippen LogP contribution is -2.50. The van der Waals surface area contributed by atoms with E-state index in [1.165, 1.54) is 6.08 Å². The number of hydrogen-bond donors (Lipinski definition) is 0. The van der Waals surface area contributed by atoms with Crippen LogP contribution in [0.2, 0.25) is 0 Å². The van der Waals surface area contributed by atoms with Gasteiger partial charge in [-0.05, 0) is 43.0 Å². The van der Waals surface area contributed by atoms with Crippen LogP contribution in [0.25, 0.3) is 6.08 Å². The van der Waals surface area contributed by atoms with E-state index >= 15 is 0 Å². The second kappa shape index (κ2) is 10.1. The maximum absolute atomic E-state index is 12.9. The van der Waals surface area contributed by atoms with Gasteiger partial charge >= 0.3 is 5.97 Å². The average molecular weight is 436 g/mol. The zero-order valence-electron chi connectivity index (χ0n) is 17.3. The number of benzene rings is 1. The highest BCUT2D eigenvalue weighted by atomic mass is 32.2. The van der Waals surface area contributed by atoms with Crippen LogP contribution in [-0.4, -0.2) is 62.5 Å². The first kappa shape index (κ1) is 22.3. The zero-order valence-corrected chi connectivity index (χ0v) is 18.1. The number of rotatable bonds is 7. The molecule has 0 spiro atoms. The van der Waals surface area contributed by atoms with Crippen molar-refractivity contribution in [1.82, 2.24) is 4.90 Å². The molecule has 3 rings (SSSR count). The molecule has 1 amide bonds. The minimum absolute atomic E-state index is 0.000554. The van der Waals surface area contributed by atoms with Crippen molar-refractivity contribution in [3.8, 4) is 5.75 Å². The molecule has 1 aromatic rings. The van der Waals surface area contributed by atoms with Crippen LogP contribution in [0.15, 0.2) is 30.3 Å². The molecular weight excluding hydrogens is 406 g/mol. The van der Waals surface area contributed by atoms with Crippen LogP contribution in [0.4, 0.5) is 0 Å².